The van der Waals surface area contributed by atoms with Gasteiger partial charge in [0, 0.05) is 6.54 Å². The number of methoxy groups -OCH3 is 1. The summed E-state index contributed by atoms with van der Waals surface area (Å²) in [5.41, 5.74) is 1.24. The zero-order chi connectivity index (χ0) is 16.8. The largest absolute Gasteiger partial charge is 0.493 e. The van der Waals surface area contributed by atoms with Crippen LogP contribution in [-0.4, -0.2) is 20.3 Å². The van der Waals surface area contributed by atoms with Crippen molar-refractivity contribution in [1.29, 1.82) is 0 Å². The number of hydrogen-bond donors (Lipinski definition) is 1. The monoisotopic (exact) mass is 321 g/mol. The molecule has 0 saturated heterocycles. The smallest absolute Gasteiger partial charge is 0.161 e. The van der Waals surface area contributed by atoms with Gasteiger partial charge in [-0.25, -0.2) is 0 Å². The van der Waals surface area contributed by atoms with E-state index in [4.69, 9.17) is 9.47 Å². The second kappa shape index (κ2) is 13.2. The first-order valence-corrected chi connectivity index (χ1v) is 9.32. The molecule has 0 heterocycles. The molecule has 1 aromatic rings. The highest BCUT2D eigenvalue weighted by Gasteiger charge is 2.05. The lowest BCUT2D eigenvalue weighted by Crippen LogP contribution is -2.14. The van der Waals surface area contributed by atoms with E-state index in [2.05, 4.69) is 31.3 Å². The summed E-state index contributed by atoms with van der Waals surface area (Å²) in [5.74, 6) is 1.70. The average molecular weight is 322 g/mol. The summed E-state index contributed by atoms with van der Waals surface area (Å²) in [6.07, 6.45) is 10.1. The van der Waals surface area contributed by atoms with Crippen molar-refractivity contribution >= 4 is 0 Å². The number of benzene rings is 1. The second-order valence-electron chi connectivity index (χ2n) is 6.13. The molecule has 1 rings (SSSR count). The fourth-order valence-electron chi connectivity index (χ4n) is 2.54. The van der Waals surface area contributed by atoms with Gasteiger partial charge in [0.2, 0.25) is 0 Å². The van der Waals surface area contributed by atoms with Crippen molar-refractivity contribution in [3.8, 4) is 11.5 Å². The molecule has 0 spiro atoms. The van der Waals surface area contributed by atoms with Crippen molar-refractivity contribution in [3.63, 3.8) is 0 Å². The summed E-state index contributed by atoms with van der Waals surface area (Å²) in [6, 6.07) is 6.24. The molecule has 3 heteroatoms. The Hall–Kier alpha value is -1.22. The zero-order valence-corrected chi connectivity index (χ0v) is 15.3. The van der Waals surface area contributed by atoms with E-state index in [0.29, 0.717) is 0 Å². The minimum Gasteiger partial charge on any atom is -0.493 e. The van der Waals surface area contributed by atoms with Crippen LogP contribution in [0.25, 0.3) is 0 Å². The van der Waals surface area contributed by atoms with Gasteiger partial charge in [0.05, 0.1) is 13.7 Å². The van der Waals surface area contributed by atoms with Gasteiger partial charge in [0.25, 0.3) is 0 Å². The third kappa shape index (κ3) is 8.85. The lowest BCUT2D eigenvalue weighted by molar-refractivity contribution is 0.284. The molecule has 1 aromatic carbocycles. The third-order valence-electron chi connectivity index (χ3n) is 4.02. The van der Waals surface area contributed by atoms with Gasteiger partial charge >= 0.3 is 0 Å². The highest BCUT2D eigenvalue weighted by Crippen LogP contribution is 2.28. The lowest BCUT2D eigenvalue weighted by atomic mass is 10.1. The van der Waals surface area contributed by atoms with Gasteiger partial charge in [-0.05, 0) is 37.1 Å². The van der Waals surface area contributed by atoms with Crippen LogP contribution >= 0.6 is 0 Å². The van der Waals surface area contributed by atoms with Crippen LogP contribution in [0.4, 0.5) is 0 Å². The summed E-state index contributed by atoms with van der Waals surface area (Å²) in [4.78, 5) is 0. The molecule has 0 fully saturated rings. The van der Waals surface area contributed by atoms with Crippen LogP contribution in [0.2, 0.25) is 0 Å². The highest BCUT2D eigenvalue weighted by molar-refractivity contribution is 5.42. The predicted molar refractivity (Wildman–Crippen MR) is 98.5 cm³/mol. The van der Waals surface area contributed by atoms with Crippen molar-refractivity contribution in [3.05, 3.63) is 23.8 Å². The summed E-state index contributed by atoms with van der Waals surface area (Å²) in [7, 11) is 1.71. The quantitative estimate of drug-likeness (QED) is 0.470. The molecule has 23 heavy (non-hydrogen) atoms. The maximum Gasteiger partial charge on any atom is 0.161 e. The Balaban J connectivity index is 2.31. The topological polar surface area (TPSA) is 30.5 Å². The van der Waals surface area contributed by atoms with Crippen LogP contribution in [-0.2, 0) is 6.54 Å². The van der Waals surface area contributed by atoms with Crippen molar-refractivity contribution in [2.75, 3.05) is 20.3 Å². The second-order valence-corrected chi connectivity index (χ2v) is 6.13. The Labute approximate surface area is 142 Å². The maximum absolute atomic E-state index is 5.89. The molecule has 0 saturated carbocycles. The van der Waals surface area contributed by atoms with Crippen molar-refractivity contribution in [1.82, 2.24) is 5.32 Å². The molecule has 0 atom stereocenters. The van der Waals surface area contributed by atoms with Gasteiger partial charge in [-0.3, -0.25) is 0 Å². The van der Waals surface area contributed by atoms with E-state index in [9.17, 15) is 0 Å². The molecular weight excluding hydrogens is 286 g/mol. The highest BCUT2D eigenvalue weighted by atomic mass is 16.5. The molecule has 0 amide bonds. The van der Waals surface area contributed by atoms with E-state index in [1.807, 2.05) is 6.07 Å². The molecule has 0 radical (unpaired) electrons. The molecular formula is C20H35NO2. The van der Waals surface area contributed by atoms with Crippen molar-refractivity contribution in [2.45, 2.75) is 71.8 Å². The van der Waals surface area contributed by atoms with Gasteiger partial charge in [-0.1, -0.05) is 58.4 Å². The van der Waals surface area contributed by atoms with Gasteiger partial charge < -0.3 is 14.8 Å². The number of ether oxygens (including phenoxy) is 2. The molecule has 1 N–H and O–H groups in total. The zero-order valence-electron chi connectivity index (χ0n) is 15.3. The molecule has 0 bridgehead atoms. The Morgan fingerprint density at radius 3 is 2.35 bits per heavy atom. The minimum atomic E-state index is 0.774. The SMILES string of the molecule is CCCCCCCCOc1ccc(CNCCCC)cc1OC. The standard InChI is InChI=1S/C20H35NO2/c1-4-6-8-9-10-11-15-23-19-13-12-18(16-20(19)22-3)17-21-14-7-5-2/h12-13,16,21H,4-11,14-15,17H2,1-3H3. The van der Waals surface area contributed by atoms with Gasteiger partial charge in [0.1, 0.15) is 0 Å². The van der Waals surface area contributed by atoms with Gasteiger partial charge in [-0.15, -0.1) is 0 Å². The minimum absolute atomic E-state index is 0.774. The molecule has 0 aliphatic rings. The van der Waals surface area contributed by atoms with Crippen molar-refractivity contribution < 1.29 is 9.47 Å². The van der Waals surface area contributed by atoms with Crippen LogP contribution in [0.15, 0.2) is 18.2 Å². The van der Waals surface area contributed by atoms with E-state index in [0.717, 1.165) is 37.6 Å². The lowest BCUT2D eigenvalue weighted by Gasteiger charge is -2.12. The molecule has 3 nitrogen and oxygen atoms in total. The summed E-state index contributed by atoms with van der Waals surface area (Å²) >= 11 is 0. The van der Waals surface area contributed by atoms with E-state index in [1.54, 1.807) is 7.11 Å². The van der Waals surface area contributed by atoms with Crippen LogP contribution in [0, 0.1) is 0 Å². The van der Waals surface area contributed by atoms with Gasteiger partial charge in [-0.2, -0.15) is 0 Å². The van der Waals surface area contributed by atoms with Crippen LogP contribution in [0.3, 0.4) is 0 Å². The average Bonchev–Trinajstić information content (AvgIpc) is 2.58. The van der Waals surface area contributed by atoms with Crippen LogP contribution in [0.5, 0.6) is 11.5 Å². The molecule has 0 aromatic heterocycles. The Bertz CT molecular complexity index is 407. The Kier molecular flexibility index (Phi) is 11.4. The van der Waals surface area contributed by atoms with E-state index in [-0.39, 0.29) is 0 Å². The normalized spacial score (nSPS) is 10.7. The molecule has 132 valence electrons. The molecule has 0 unspecified atom stereocenters. The molecule has 0 aliphatic carbocycles. The first-order valence-electron chi connectivity index (χ1n) is 9.32. The summed E-state index contributed by atoms with van der Waals surface area (Å²) in [5, 5.41) is 3.45. The molecule has 0 aliphatic heterocycles. The fraction of sp³-hybridized carbons (Fsp3) is 0.700. The van der Waals surface area contributed by atoms with Crippen LogP contribution in [0.1, 0.15) is 70.8 Å². The number of rotatable bonds is 14. The van der Waals surface area contributed by atoms with Gasteiger partial charge in [0.15, 0.2) is 11.5 Å². The van der Waals surface area contributed by atoms with Crippen LogP contribution < -0.4 is 14.8 Å². The Morgan fingerprint density at radius 1 is 0.870 bits per heavy atom. The fourth-order valence-corrected chi connectivity index (χ4v) is 2.54. The van der Waals surface area contributed by atoms with E-state index < -0.39 is 0 Å². The first-order chi connectivity index (χ1) is 11.3. The number of nitrogens with one attached hydrogen (secondary N) is 1. The van der Waals surface area contributed by atoms with E-state index >= 15 is 0 Å². The van der Waals surface area contributed by atoms with E-state index in [1.165, 1.54) is 50.5 Å². The predicted octanol–water partition coefficient (Wildman–Crippen LogP) is 5.32. The Morgan fingerprint density at radius 2 is 1.61 bits per heavy atom. The maximum atomic E-state index is 5.89. The third-order valence-corrected chi connectivity index (χ3v) is 4.02. The number of hydrogen-bond acceptors (Lipinski definition) is 3. The summed E-state index contributed by atoms with van der Waals surface area (Å²) < 4.78 is 11.4. The first kappa shape index (κ1) is 19.8. The summed E-state index contributed by atoms with van der Waals surface area (Å²) in [6.45, 7) is 7.18. The number of unbranched alkanes of at least 4 members (excludes halogenated alkanes) is 6. The van der Waals surface area contributed by atoms with Crippen molar-refractivity contribution in [2.24, 2.45) is 0 Å².